The van der Waals surface area contributed by atoms with Crippen molar-refractivity contribution in [2.24, 2.45) is 7.05 Å². The van der Waals surface area contributed by atoms with Crippen LogP contribution in [0.15, 0.2) is 35.3 Å². The first kappa shape index (κ1) is 12.9. The summed E-state index contributed by atoms with van der Waals surface area (Å²) in [6.45, 7) is 1.59. The molecule has 0 spiro atoms. The van der Waals surface area contributed by atoms with Gasteiger partial charge in [0.25, 0.3) is 5.91 Å². The molecule has 0 aliphatic carbocycles. The van der Waals surface area contributed by atoms with Gasteiger partial charge in [-0.05, 0) is 13.0 Å². The van der Waals surface area contributed by atoms with Gasteiger partial charge in [0, 0.05) is 19.3 Å². The van der Waals surface area contributed by atoms with E-state index >= 15 is 0 Å². The largest absolute Gasteiger partial charge is 0.472 e. The van der Waals surface area contributed by atoms with Gasteiger partial charge in [0.15, 0.2) is 5.82 Å². The fourth-order valence-electron chi connectivity index (χ4n) is 1.46. The Balaban J connectivity index is 1.91. The zero-order valence-corrected chi connectivity index (χ0v) is 10.6. The molecule has 2 aromatic heterocycles. The molecule has 1 unspecified atom stereocenters. The third-order valence-electron chi connectivity index (χ3n) is 2.49. The lowest BCUT2D eigenvalue weighted by Crippen LogP contribution is -2.41. The molecule has 0 aromatic carbocycles. The van der Waals surface area contributed by atoms with Crippen LogP contribution < -0.4 is 10.6 Å². The molecule has 2 N–H and O–H groups in total. The summed E-state index contributed by atoms with van der Waals surface area (Å²) in [5.74, 6) is -0.259. The molecular weight excluding hydrogens is 248 g/mol. The molecule has 0 saturated heterocycles. The van der Waals surface area contributed by atoms with Gasteiger partial charge >= 0.3 is 0 Å². The summed E-state index contributed by atoms with van der Waals surface area (Å²) in [6, 6.07) is 2.52. The van der Waals surface area contributed by atoms with Crippen LogP contribution in [0.1, 0.15) is 17.3 Å². The maximum atomic E-state index is 11.8. The summed E-state index contributed by atoms with van der Waals surface area (Å²) in [5.41, 5.74) is 0.373. The highest BCUT2D eigenvalue weighted by molar-refractivity contribution is 6.00. The van der Waals surface area contributed by atoms with Gasteiger partial charge in [-0.15, -0.1) is 0 Å². The quantitative estimate of drug-likeness (QED) is 0.851. The van der Waals surface area contributed by atoms with E-state index < -0.39 is 6.04 Å². The standard InChI is InChI=1S/C12H14N4O3/c1-8(13-12(18)9-4-6-19-7-9)11(17)14-10-3-5-16(2)15-10/h3-8H,1-2H3,(H,13,18)(H,14,15,17). The molecule has 7 heteroatoms. The van der Waals surface area contributed by atoms with Gasteiger partial charge in [-0.2, -0.15) is 5.10 Å². The van der Waals surface area contributed by atoms with E-state index in [1.165, 1.54) is 18.6 Å². The summed E-state index contributed by atoms with van der Waals surface area (Å²) in [4.78, 5) is 23.5. The molecule has 0 aliphatic heterocycles. The molecule has 0 aliphatic rings. The van der Waals surface area contributed by atoms with Crippen molar-refractivity contribution < 1.29 is 14.0 Å². The molecule has 2 amide bonds. The van der Waals surface area contributed by atoms with E-state index in [0.717, 1.165) is 0 Å². The number of anilines is 1. The number of aryl methyl sites for hydroxylation is 1. The average molecular weight is 262 g/mol. The van der Waals surface area contributed by atoms with Crippen LogP contribution in [0.4, 0.5) is 5.82 Å². The van der Waals surface area contributed by atoms with E-state index in [1.807, 2.05) is 0 Å². The Morgan fingerprint density at radius 3 is 2.79 bits per heavy atom. The maximum absolute atomic E-state index is 11.8. The van der Waals surface area contributed by atoms with E-state index in [1.54, 1.807) is 30.9 Å². The number of carbonyl (C=O) groups is 2. The van der Waals surface area contributed by atoms with E-state index in [0.29, 0.717) is 11.4 Å². The summed E-state index contributed by atoms with van der Waals surface area (Å²) >= 11 is 0. The average Bonchev–Trinajstić information content (AvgIpc) is 3.00. The SMILES string of the molecule is CC(NC(=O)c1ccoc1)C(=O)Nc1ccn(C)n1. The number of hydrogen-bond acceptors (Lipinski definition) is 4. The van der Waals surface area contributed by atoms with Crippen molar-refractivity contribution >= 4 is 17.6 Å². The normalized spacial score (nSPS) is 11.9. The summed E-state index contributed by atoms with van der Waals surface area (Å²) in [6.07, 6.45) is 4.43. The lowest BCUT2D eigenvalue weighted by atomic mass is 10.2. The highest BCUT2D eigenvalue weighted by Crippen LogP contribution is 2.03. The Morgan fingerprint density at radius 2 is 2.21 bits per heavy atom. The smallest absolute Gasteiger partial charge is 0.255 e. The van der Waals surface area contributed by atoms with Gasteiger partial charge in [0.05, 0.1) is 11.8 Å². The number of furan rings is 1. The molecule has 1 atom stereocenters. The van der Waals surface area contributed by atoms with Gasteiger partial charge in [-0.1, -0.05) is 0 Å². The van der Waals surface area contributed by atoms with Crippen molar-refractivity contribution in [3.05, 3.63) is 36.4 Å². The molecule has 0 fully saturated rings. The molecular formula is C12H14N4O3. The highest BCUT2D eigenvalue weighted by atomic mass is 16.3. The lowest BCUT2D eigenvalue weighted by Gasteiger charge is -2.12. The molecule has 7 nitrogen and oxygen atoms in total. The van der Waals surface area contributed by atoms with Crippen LogP contribution in [0.25, 0.3) is 0 Å². The number of aromatic nitrogens is 2. The third-order valence-corrected chi connectivity index (χ3v) is 2.49. The van der Waals surface area contributed by atoms with Gasteiger partial charge < -0.3 is 15.1 Å². The summed E-state index contributed by atoms with van der Waals surface area (Å²) < 4.78 is 6.38. The lowest BCUT2D eigenvalue weighted by molar-refractivity contribution is -0.117. The van der Waals surface area contributed by atoms with E-state index in [-0.39, 0.29) is 11.8 Å². The van der Waals surface area contributed by atoms with Crippen LogP contribution in [0.5, 0.6) is 0 Å². The predicted molar refractivity (Wildman–Crippen MR) is 67.5 cm³/mol. The second-order valence-corrected chi connectivity index (χ2v) is 4.07. The minimum absolute atomic E-state index is 0.337. The van der Waals surface area contributed by atoms with Crippen molar-refractivity contribution in [1.82, 2.24) is 15.1 Å². The number of carbonyl (C=O) groups excluding carboxylic acids is 2. The maximum Gasteiger partial charge on any atom is 0.255 e. The zero-order chi connectivity index (χ0) is 13.8. The fourth-order valence-corrected chi connectivity index (χ4v) is 1.46. The Labute approximate surface area is 109 Å². The number of amides is 2. The van der Waals surface area contributed by atoms with E-state index in [2.05, 4.69) is 15.7 Å². The van der Waals surface area contributed by atoms with E-state index in [4.69, 9.17) is 4.42 Å². The van der Waals surface area contributed by atoms with Gasteiger partial charge in [-0.25, -0.2) is 0 Å². The number of nitrogens with one attached hydrogen (secondary N) is 2. The number of rotatable bonds is 4. The van der Waals surface area contributed by atoms with Crippen LogP contribution in [-0.2, 0) is 11.8 Å². The second kappa shape index (κ2) is 5.38. The van der Waals surface area contributed by atoms with Crippen molar-refractivity contribution in [2.75, 3.05) is 5.32 Å². The first-order valence-electron chi connectivity index (χ1n) is 5.70. The topological polar surface area (TPSA) is 89.2 Å². The van der Waals surface area contributed by atoms with Crippen molar-refractivity contribution in [1.29, 1.82) is 0 Å². The third kappa shape index (κ3) is 3.21. The van der Waals surface area contributed by atoms with Crippen LogP contribution in [0.2, 0.25) is 0 Å². The summed E-state index contributed by atoms with van der Waals surface area (Å²) in [5, 5.41) is 9.19. The van der Waals surface area contributed by atoms with Crippen molar-refractivity contribution in [3.63, 3.8) is 0 Å². The van der Waals surface area contributed by atoms with Gasteiger partial charge in [0.1, 0.15) is 12.3 Å². The minimum atomic E-state index is -0.676. The molecule has 100 valence electrons. The number of hydrogen-bond donors (Lipinski definition) is 2. The number of nitrogens with zero attached hydrogens (tertiary/aromatic N) is 2. The van der Waals surface area contributed by atoms with Gasteiger partial charge in [-0.3, -0.25) is 14.3 Å². The Bertz CT molecular complexity index is 574. The molecule has 0 saturated carbocycles. The molecule has 0 bridgehead atoms. The van der Waals surface area contributed by atoms with Crippen LogP contribution in [0.3, 0.4) is 0 Å². The molecule has 19 heavy (non-hydrogen) atoms. The fraction of sp³-hybridized carbons (Fsp3) is 0.250. The Hall–Kier alpha value is -2.57. The Kier molecular flexibility index (Phi) is 3.65. The zero-order valence-electron chi connectivity index (χ0n) is 10.6. The molecule has 2 rings (SSSR count). The van der Waals surface area contributed by atoms with Crippen molar-refractivity contribution in [2.45, 2.75) is 13.0 Å². The molecule has 0 radical (unpaired) electrons. The van der Waals surface area contributed by atoms with Crippen LogP contribution in [0, 0.1) is 0 Å². The molecule has 2 heterocycles. The first-order valence-corrected chi connectivity index (χ1v) is 5.70. The highest BCUT2D eigenvalue weighted by Gasteiger charge is 2.17. The summed E-state index contributed by atoms with van der Waals surface area (Å²) in [7, 11) is 1.75. The Morgan fingerprint density at radius 1 is 1.42 bits per heavy atom. The monoisotopic (exact) mass is 262 g/mol. The molecule has 2 aromatic rings. The minimum Gasteiger partial charge on any atom is -0.472 e. The van der Waals surface area contributed by atoms with Crippen LogP contribution >= 0.6 is 0 Å². The van der Waals surface area contributed by atoms with Gasteiger partial charge in [0.2, 0.25) is 5.91 Å². The van der Waals surface area contributed by atoms with E-state index in [9.17, 15) is 9.59 Å². The predicted octanol–water partition coefficient (Wildman–Crippen LogP) is 0.770. The van der Waals surface area contributed by atoms with Crippen molar-refractivity contribution in [3.8, 4) is 0 Å². The van der Waals surface area contributed by atoms with Crippen LogP contribution in [-0.4, -0.2) is 27.6 Å². The second-order valence-electron chi connectivity index (χ2n) is 4.07. The first-order chi connectivity index (χ1) is 9.06.